The molecule has 2 nitrogen and oxygen atoms in total. The fourth-order valence-electron chi connectivity index (χ4n) is 0.950. The van der Waals surface area contributed by atoms with Gasteiger partial charge in [0.05, 0.1) is 11.8 Å². The molecule has 0 aliphatic heterocycles. The van der Waals surface area contributed by atoms with Crippen molar-refractivity contribution in [3.63, 3.8) is 0 Å². The van der Waals surface area contributed by atoms with Crippen LogP contribution in [-0.2, 0) is 0 Å². The molecule has 76 valence electrons. The predicted molar refractivity (Wildman–Crippen MR) is 58.6 cm³/mol. The number of ketones is 1. The van der Waals surface area contributed by atoms with Crippen molar-refractivity contribution in [2.75, 3.05) is 0 Å². The van der Waals surface area contributed by atoms with Crippen LogP contribution in [0.5, 0.6) is 5.75 Å². The molecule has 0 radical (unpaired) electrons. The highest BCUT2D eigenvalue weighted by molar-refractivity contribution is 5.96. The lowest BCUT2D eigenvalue weighted by Crippen LogP contribution is -1.95. The number of ether oxygens (including phenoxy) is 1. The van der Waals surface area contributed by atoms with Crippen LogP contribution in [-0.4, -0.2) is 5.78 Å². The number of carbonyl (C=O) groups is 1. The Hall–Kier alpha value is -1.57. The average Bonchev–Trinajstić information content (AvgIpc) is 2.22. The van der Waals surface area contributed by atoms with E-state index in [1.165, 1.54) is 13.2 Å². The highest BCUT2D eigenvalue weighted by Crippen LogP contribution is 2.18. The van der Waals surface area contributed by atoms with Gasteiger partial charge in [0, 0.05) is 0 Å². The molecule has 2 heteroatoms. The summed E-state index contributed by atoms with van der Waals surface area (Å²) in [6.07, 6.45) is 1.31. The summed E-state index contributed by atoms with van der Waals surface area (Å²) in [5.74, 6) is 0.549. The normalized spacial score (nSPS) is 8.21. The maximum atomic E-state index is 11.0. The summed E-state index contributed by atoms with van der Waals surface area (Å²) in [6, 6.07) is 7.07. The van der Waals surface area contributed by atoms with Gasteiger partial charge in [-0.1, -0.05) is 32.6 Å². The molecule has 0 spiro atoms. The molecule has 0 saturated carbocycles. The van der Waals surface area contributed by atoms with Crippen LogP contribution in [0.3, 0.4) is 0 Å². The molecular formula is C12H16O2. The molecule has 0 aliphatic carbocycles. The molecule has 1 rings (SSSR count). The van der Waals surface area contributed by atoms with Crippen molar-refractivity contribution in [1.82, 2.24) is 0 Å². The molecule has 0 N–H and O–H groups in total. The molecule has 14 heavy (non-hydrogen) atoms. The van der Waals surface area contributed by atoms with Crippen molar-refractivity contribution in [3.8, 4) is 5.75 Å². The Morgan fingerprint density at radius 2 is 1.93 bits per heavy atom. The Morgan fingerprint density at radius 1 is 1.36 bits per heavy atom. The highest BCUT2D eigenvalue weighted by atomic mass is 16.5. The molecule has 0 bridgehead atoms. The van der Waals surface area contributed by atoms with Gasteiger partial charge in [-0.15, -0.1) is 0 Å². The topological polar surface area (TPSA) is 26.3 Å². The molecule has 0 saturated heterocycles. The monoisotopic (exact) mass is 192 g/mol. The highest BCUT2D eigenvalue weighted by Gasteiger charge is 2.05. The van der Waals surface area contributed by atoms with Gasteiger partial charge in [0.1, 0.15) is 5.75 Å². The third-order valence-corrected chi connectivity index (χ3v) is 1.48. The molecular weight excluding hydrogens is 176 g/mol. The van der Waals surface area contributed by atoms with Crippen LogP contribution < -0.4 is 4.74 Å². The summed E-state index contributed by atoms with van der Waals surface area (Å²) in [7, 11) is 0. The summed E-state index contributed by atoms with van der Waals surface area (Å²) in [4.78, 5) is 11.0. The second-order valence-electron chi connectivity index (χ2n) is 2.34. The quantitative estimate of drug-likeness (QED) is 0.541. The van der Waals surface area contributed by atoms with Crippen LogP contribution in [0.1, 0.15) is 31.1 Å². The molecule has 0 aromatic heterocycles. The van der Waals surface area contributed by atoms with E-state index in [0.717, 1.165) is 0 Å². The van der Waals surface area contributed by atoms with E-state index < -0.39 is 0 Å². The van der Waals surface area contributed by atoms with Gasteiger partial charge in [0.2, 0.25) is 0 Å². The van der Waals surface area contributed by atoms with Gasteiger partial charge >= 0.3 is 0 Å². The fraction of sp³-hybridized carbons (Fsp3) is 0.250. The molecule has 0 atom stereocenters. The molecule has 0 unspecified atom stereocenters. The molecule has 0 amide bonds. The van der Waals surface area contributed by atoms with Crippen molar-refractivity contribution >= 4 is 5.78 Å². The van der Waals surface area contributed by atoms with Gasteiger partial charge in [0.25, 0.3) is 0 Å². The Bertz CT molecular complexity index is 303. The van der Waals surface area contributed by atoms with Gasteiger partial charge in [-0.2, -0.15) is 0 Å². The first-order chi connectivity index (χ1) is 6.75. The Kier molecular flexibility index (Phi) is 6.12. The molecule has 1 aromatic carbocycles. The standard InChI is InChI=1S/C10H10O2.C2H6/c1-3-12-10-7-5-4-6-9(10)8(2)11;1-2/h3-7H,1H2,2H3;1-2H3. The van der Waals surface area contributed by atoms with E-state index >= 15 is 0 Å². The maximum absolute atomic E-state index is 11.0. The lowest BCUT2D eigenvalue weighted by atomic mass is 10.1. The molecule has 0 fully saturated rings. The third kappa shape index (κ3) is 3.44. The SMILES string of the molecule is C=COc1ccccc1C(C)=O.CC. The van der Waals surface area contributed by atoms with Crippen molar-refractivity contribution in [2.24, 2.45) is 0 Å². The number of hydrogen-bond donors (Lipinski definition) is 0. The van der Waals surface area contributed by atoms with Crippen LogP contribution in [0, 0.1) is 0 Å². The summed E-state index contributed by atoms with van der Waals surface area (Å²) >= 11 is 0. The molecule has 1 aromatic rings. The minimum atomic E-state index is -0.00699. The van der Waals surface area contributed by atoms with Crippen LogP contribution in [0.25, 0.3) is 0 Å². The maximum Gasteiger partial charge on any atom is 0.163 e. The largest absolute Gasteiger partial charge is 0.465 e. The predicted octanol–water partition coefficient (Wildman–Crippen LogP) is 3.44. The summed E-state index contributed by atoms with van der Waals surface area (Å²) in [6.45, 7) is 8.93. The first-order valence-electron chi connectivity index (χ1n) is 4.63. The van der Waals surface area contributed by atoms with Gasteiger partial charge in [-0.3, -0.25) is 4.79 Å². The minimum Gasteiger partial charge on any atom is -0.465 e. The van der Waals surface area contributed by atoms with Crippen molar-refractivity contribution < 1.29 is 9.53 Å². The third-order valence-electron chi connectivity index (χ3n) is 1.48. The summed E-state index contributed by atoms with van der Waals surface area (Å²) in [5.41, 5.74) is 0.581. The average molecular weight is 192 g/mol. The number of rotatable bonds is 3. The van der Waals surface area contributed by atoms with Gasteiger partial charge in [0.15, 0.2) is 5.78 Å². The van der Waals surface area contributed by atoms with Crippen molar-refractivity contribution in [1.29, 1.82) is 0 Å². The molecule has 0 heterocycles. The number of hydrogen-bond acceptors (Lipinski definition) is 2. The number of para-hydroxylation sites is 1. The number of Topliss-reactive ketones (excluding diaryl/α,β-unsaturated/α-hetero) is 1. The van der Waals surface area contributed by atoms with Gasteiger partial charge in [-0.25, -0.2) is 0 Å². The minimum absolute atomic E-state index is 0.00699. The second kappa shape index (κ2) is 6.89. The zero-order chi connectivity index (χ0) is 11.0. The van der Waals surface area contributed by atoms with E-state index in [-0.39, 0.29) is 5.78 Å². The zero-order valence-electron chi connectivity index (χ0n) is 8.91. The van der Waals surface area contributed by atoms with E-state index in [4.69, 9.17) is 4.74 Å². The number of carbonyl (C=O) groups excluding carboxylic acids is 1. The Morgan fingerprint density at radius 3 is 2.43 bits per heavy atom. The zero-order valence-corrected chi connectivity index (χ0v) is 8.91. The first kappa shape index (κ1) is 12.4. The van der Waals surface area contributed by atoms with Crippen LogP contribution in [0.2, 0.25) is 0 Å². The fourth-order valence-corrected chi connectivity index (χ4v) is 0.950. The van der Waals surface area contributed by atoms with Crippen LogP contribution >= 0.6 is 0 Å². The van der Waals surface area contributed by atoms with Crippen LogP contribution in [0.15, 0.2) is 37.1 Å². The number of benzene rings is 1. The van der Waals surface area contributed by atoms with Crippen molar-refractivity contribution in [2.45, 2.75) is 20.8 Å². The van der Waals surface area contributed by atoms with E-state index in [2.05, 4.69) is 6.58 Å². The van der Waals surface area contributed by atoms with Gasteiger partial charge in [-0.05, 0) is 19.1 Å². The van der Waals surface area contributed by atoms with Gasteiger partial charge < -0.3 is 4.74 Å². The lowest BCUT2D eigenvalue weighted by molar-refractivity contribution is 0.101. The Balaban J connectivity index is 0.000000791. The summed E-state index contributed by atoms with van der Waals surface area (Å²) in [5, 5.41) is 0. The Labute approximate surface area is 85.2 Å². The van der Waals surface area contributed by atoms with Crippen LogP contribution in [0.4, 0.5) is 0 Å². The van der Waals surface area contributed by atoms with Crippen molar-refractivity contribution in [3.05, 3.63) is 42.7 Å². The van der Waals surface area contributed by atoms with E-state index in [1.807, 2.05) is 19.9 Å². The first-order valence-corrected chi connectivity index (χ1v) is 4.63. The van der Waals surface area contributed by atoms with E-state index in [9.17, 15) is 4.79 Å². The second-order valence-corrected chi connectivity index (χ2v) is 2.34. The summed E-state index contributed by atoms with van der Waals surface area (Å²) < 4.78 is 5.04. The lowest BCUT2D eigenvalue weighted by Gasteiger charge is -2.03. The van der Waals surface area contributed by atoms with E-state index in [1.54, 1.807) is 18.2 Å². The smallest absolute Gasteiger partial charge is 0.163 e. The van der Waals surface area contributed by atoms with E-state index in [0.29, 0.717) is 11.3 Å². The molecule has 0 aliphatic rings.